The van der Waals surface area contributed by atoms with Crippen LogP contribution in [-0.4, -0.2) is 24.3 Å². The van der Waals surface area contributed by atoms with Crippen LogP contribution in [0.1, 0.15) is 32.1 Å². The molecule has 0 unspecified atom stereocenters. The summed E-state index contributed by atoms with van der Waals surface area (Å²) in [7, 11) is 2.11. The minimum absolute atomic E-state index is 0.301. The molecule has 1 saturated carbocycles. The lowest BCUT2D eigenvalue weighted by Crippen LogP contribution is -2.28. The first-order chi connectivity index (χ1) is 6.25. The molecular formula is C11H17NO. The lowest BCUT2D eigenvalue weighted by Gasteiger charge is -2.31. The minimum Gasteiger partial charge on any atom is -0.377 e. The molecule has 2 aliphatic rings. The van der Waals surface area contributed by atoms with Crippen LogP contribution in [0.3, 0.4) is 0 Å². The highest BCUT2D eigenvalue weighted by atomic mass is 16.1. The molecule has 72 valence electrons. The molecule has 0 atom stereocenters. The maximum atomic E-state index is 11.0. The number of carbonyl (C=O) groups is 1. The molecule has 0 radical (unpaired) electrons. The van der Waals surface area contributed by atoms with Gasteiger partial charge in [-0.25, -0.2) is 0 Å². The number of carbonyl (C=O) groups excluding carboxylic acids is 1. The third-order valence-electron chi connectivity index (χ3n) is 3.20. The zero-order chi connectivity index (χ0) is 9.26. The van der Waals surface area contributed by atoms with Crippen LogP contribution in [0.2, 0.25) is 0 Å². The molecule has 2 nitrogen and oxygen atoms in total. The van der Waals surface area contributed by atoms with Gasteiger partial charge in [0.2, 0.25) is 0 Å². The molecule has 1 fully saturated rings. The molecule has 2 rings (SSSR count). The summed E-state index contributed by atoms with van der Waals surface area (Å²) in [6, 6.07) is 0. The van der Waals surface area contributed by atoms with Crippen LogP contribution in [0.5, 0.6) is 0 Å². The van der Waals surface area contributed by atoms with E-state index in [1.807, 2.05) is 6.08 Å². The molecule has 13 heavy (non-hydrogen) atoms. The Hall–Kier alpha value is -0.790. The number of hydrogen-bond acceptors (Lipinski definition) is 2. The van der Waals surface area contributed by atoms with Crippen molar-refractivity contribution < 1.29 is 4.79 Å². The van der Waals surface area contributed by atoms with Crippen molar-refractivity contribution in [1.29, 1.82) is 0 Å². The van der Waals surface area contributed by atoms with E-state index >= 15 is 0 Å². The summed E-state index contributed by atoms with van der Waals surface area (Å²) in [4.78, 5) is 13.3. The second kappa shape index (κ2) is 3.52. The van der Waals surface area contributed by atoms with Gasteiger partial charge in [-0.15, -0.1) is 0 Å². The van der Waals surface area contributed by atoms with Gasteiger partial charge in [0.25, 0.3) is 0 Å². The van der Waals surface area contributed by atoms with Crippen molar-refractivity contribution in [3.8, 4) is 0 Å². The fraction of sp³-hybridized carbons (Fsp3) is 0.727. The standard InChI is InChI=1S/C11H17NO/c1-12(8-9-3-2-4-9)10-5-6-11(13)7-10/h7,9H,2-6,8H2,1H3. The Morgan fingerprint density at radius 2 is 2.23 bits per heavy atom. The van der Waals surface area contributed by atoms with Crippen LogP contribution in [-0.2, 0) is 4.79 Å². The summed E-state index contributed by atoms with van der Waals surface area (Å²) in [6.45, 7) is 1.15. The average molecular weight is 179 g/mol. The first-order valence-corrected chi connectivity index (χ1v) is 5.20. The van der Waals surface area contributed by atoms with E-state index in [1.165, 1.54) is 25.0 Å². The fourth-order valence-electron chi connectivity index (χ4n) is 2.06. The van der Waals surface area contributed by atoms with Gasteiger partial charge < -0.3 is 4.90 Å². The molecule has 0 amide bonds. The highest BCUT2D eigenvalue weighted by Gasteiger charge is 2.22. The molecule has 0 heterocycles. The molecular weight excluding hydrogens is 162 g/mol. The van der Waals surface area contributed by atoms with Gasteiger partial charge in [0.05, 0.1) is 0 Å². The van der Waals surface area contributed by atoms with Crippen molar-refractivity contribution in [3.63, 3.8) is 0 Å². The maximum absolute atomic E-state index is 11.0. The monoisotopic (exact) mass is 179 g/mol. The van der Waals surface area contributed by atoms with Crippen LogP contribution in [0.4, 0.5) is 0 Å². The second-order valence-corrected chi connectivity index (χ2v) is 4.28. The maximum Gasteiger partial charge on any atom is 0.157 e. The third-order valence-corrected chi connectivity index (χ3v) is 3.20. The van der Waals surface area contributed by atoms with Crippen LogP contribution in [0, 0.1) is 5.92 Å². The molecule has 0 aromatic rings. The van der Waals surface area contributed by atoms with E-state index in [0.29, 0.717) is 5.78 Å². The molecule has 0 saturated heterocycles. The smallest absolute Gasteiger partial charge is 0.157 e. The van der Waals surface area contributed by atoms with Gasteiger partial charge in [0, 0.05) is 31.8 Å². The second-order valence-electron chi connectivity index (χ2n) is 4.28. The van der Waals surface area contributed by atoms with E-state index in [9.17, 15) is 4.79 Å². The van der Waals surface area contributed by atoms with Crippen LogP contribution in [0.25, 0.3) is 0 Å². The zero-order valence-corrected chi connectivity index (χ0v) is 8.25. The van der Waals surface area contributed by atoms with Crippen molar-refractivity contribution in [2.75, 3.05) is 13.6 Å². The third kappa shape index (κ3) is 1.93. The highest BCUT2D eigenvalue weighted by molar-refractivity contribution is 5.92. The Labute approximate surface area is 79.6 Å². The molecule has 0 N–H and O–H groups in total. The first kappa shape index (κ1) is 8.79. The Kier molecular flexibility index (Phi) is 2.38. The normalized spacial score (nSPS) is 22.8. The van der Waals surface area contributed by atoms with Crippen LogP contribution >= 0.6 is 0 Å². The topological polar surface area (TPSA) is 20.3 Å². The molecule has 0 aromatic heterocycles. The summed E-state index contributed by atoms with van der Waals surface area (Å²) >= 11 is 0. The summed E-state index contributed by atoms with van der Waals surface area (Å²) in [5.74, 6) is 1.19. The van der Waals surface area contributed by atoms with Crippen molar-refractivity contribution in [3.05, 3.63) is 11.8 Å². The zero-order valence-electron chi connectivity index (χ0n) is 8.25. The summed E-state index contributed by atoms with van der Waals surface area (Å²) in [5, 5.41) is 0. The predicted molar refractivity (Wildman–Crippen MR) is 52.3 cm³/mol. The van der Waals surface area contributed by atoms with E-state index < -0.39 is 0 Å². The summed E-state index contributed by atoms with van der Waals surface area (Å²) < 4.78 is 0. The Bertz CT molecular complexity index is 240. The fourth-order valence-corrected chi connectivity index (χ4v) is 2.06. The van der Waals surface area contributed by atoms with E-state index in [4.69, 9.17) is 0 Å². The van der Waals surface area contributed by atoms with Crippen molar-refractivity contribution >= 4 is 5.78 Å². The van der Waals surface area contributed by atoms with E-state index in [1.54, 1.807) is 0 Å². The SMILES string of the molecule is CN(CC1CCC1)C1=CC(=O)CC1. The van der Waals surface area contributed by atoms with Gasteiger partial charge in [-0.1, -0.05) is 6.42 Å². The van der Waals surface area contributed by atoms with E-state index in [2.05, 4.69) is 11.9 Å². The number of rotatable bonds is 3. The largest absolute Gasteiger partial charge is 0.377 e. The van der Waals surface area contributed by atoms with Crippen molar-refractivity contribution in [1.82, 2.24) is 4.90 Å². The van der Waals surface area contributed by atoms with Crippen molar-refractivity contribution in [2.24, 2.45) is 5.92 Å². The Morgan fingerprint density at radius 3 is 2.69 bits per heavy atom. The predicted octanol–water partition coefficient (Wildman–Crippen LogP) is 1.97. The number of allylic oxidation sites excluding steroid dienone is 2. The van der Waals surface area contributed by atoms with E-state index in [0.717, 1.165) is 25.3 Å². The molecule has 2 aliphatic carbocycles. The number of ketones is 1. The quantitative estimate of drug-likeness (QED) is 0.660. The Morgan fingerprint density at radius 1 is 1.46 bits per heavy atom. The van der Waals surface area contributed by atoms with Gasteiger partial charge in [0.15, 0.2) is 5.78 Å². The lowest BCUT2D eigenvalue weighted by molar-refractivity contribution is -0.114. The highest BCUT2D eigenvalue weighted by Crippen LogP contribution is 2.29. The molecule has 0 aromatic carbocycles. The van der Waals surface area contributed by atoms with Crippen molar-refractivity contribution in [2.45, 2.75) is 32.1 Å². The Balaban J connectivity index is 1.85. The van der Waals surface area contributed by atoms with Gasteiger partial charge >= 0.3 is 0 Å². The van der Waals surface area contributed by atoms with Gasteiger partial charge in [-0.2, -0.15) is 0 Å². The van der Waals surface area contributed by atoms with Gasteiger partial charge in [0.1, 0.15) is 0 Å². The van der Waals surface area contributed by atoms with Gasteiger partial charge in [-0.05, 0) is 25.2 Å². The van der Waals surface area contributed by atoms with Crippen LogP contribution < -0.4 is 0 Å². The summed E-state index contributed by atoms with van der Waals surface area (Å²) in [6.07, 6.45) is 7.67. The molecule has 0 aliphatic heterocycles. The summed E-state index contributed by atoms with van der Waals surface area (Å²) in [5.41, 5.74) is 1.25. The minimum atomic E-state index is 0.301. The van der Waals surface area contributed by atoms with Gasteiger partial charge in [-0.3, -0.25) is 4.79 Å². The molecule has 0 bridgehead atoms. The first-order valence-electron chi connectivity index (χ1n) is 5.20. The number of nitrogens with zero attached hydrogens (tertiary/aromatic N) is 1. The average Bonchev–Trinajstić information content (AvgIpc) is 2.44. The number of hydrogen-bond donors (Lipinski definition) is 0. The van der Waals surface area contributed by atoms with Crippen LogP contribution in [0.15, 0.2) is 11.8 Å². The lowest BCUT2D eigenvalue weighted by atomic mass is 9.85. The van der Waals surface area contributed by atoms with E-state index in [-0.39, 0.29) is 0 Å². The molecule has 2 heteroatoms. The molecule has 0 spiro atoms.